The van der Waals surface area contributed by atoms with Crippen LogP contribution in [0, 0.1) is 37.7 Å². The fourth-order valence-corrected chi connectivity index (χ4v) is 1.95. The molecule has 0 radical (unpaired) electrons. The molecule has 0 aromatic carbocycles. The van der Waals surface area contributed by atoms with E-state index in [1.54, 1.807) is 0 Å². The molecule has 0 aliphatic carbocycles. The summed E-state index contributed by atoms with van der Waals surface area (Å²) in [4.78, 5) is 8.78. The molecule has 196 valence electrons. The second-order valence-electron chi connectivity index (χ2n) is 5.71. The third-order valence-corrected chi connectivity index (χ3v) is 2.97. The van der Waals surface area contributed by atoms with E-state index in [2.05, 4.69) is 40.8 Å². The van der Waals surface area contributed by atoms with Crippen molar-refractivity contribution in [1.29, 1.82) is 0 Å². The number of rotatable bonds is 5. The number of unbranched alkanes of at least 4 members (excludes halogenated alkanes) is 1. The fourth-order valence-electron chi connectivity index (χ4n) is 1.95. The largest absolute Gasteiger partial charge is 2.00 e. The van der Waals surface area contributed by atoms with E-state index in [4.69, 9.17) is 55.9 Å². The summed E-state index contributed by atoms with van der Waals surface area (Å²) in [6.07, 6.45) is 7.17. The van der Waals surface area contributed by atoms with Crippen molar-refractivity contribution in [2.45, 2.75) is 26.2 Å². The maximum Gasteiger partial charge on any atom is 2.00 e. The Labute approximate surface area is 213 Å². The van der Waals surface area contributed by atoms with Gasteiger partial charge in [0.1, 0.15) is 0 Å². The smallest absolute Gasteiger partial charge is 0.358 e. The van der Waals surface area contributed by atoms with Gasteiger partial charge in [-0.15, -0.1) is 30.7 Å². The van der Waals surface area contributed by atoms with Gasteiger partial charge in [0.15, 0.2) is 0 Å². The number of hydrogen-bond acceptors (Lipinski definition) is 14. The van der Waals surface area contributed by atoms with Crippen molar-refractivity contribution in [2.24, 2.45) is 0 Å². The molecule has 2 rings (SSSR count). The number of pyridine rings is 2. The molecule has 0 spiro atoms. The van der Waals surface area contributed by atoms with Crippen LogP contribution in [0.15, 0.2) is 36.7 Å². The number of halogens is 3. The zero-order valence-corrected chi connectivity index (χ0v) is 21.3. The molecule has 0 amide bonds. The van der Waals surface area contributed by atoms with Gasteiger partial charge in [-0.2, -0.15) is 0 Å². The minimum atomic E-state index is -4.94. The molecule has 2 aromatic rings. The minimum absolute atomic E-state index is 0. The molecule has 0 saturated heterocycles. The summed E-state index contributed by atoms with van der Waals surface area (Å²) in [6.45, 7) is 3.08. The van der Waals surface area contributed by atoms with Crippen molar-refractivity contribution < 1.29 is 112 Å². The number of aryl methyl sites for hydroxylation is 2. The molecule has 2 heterocycles. The first-order chi connectivity index (χ1) is 14.8. The number of quaternary nitrogens is 1. The van der Waals surface area contributed by atoms with Gasteiger partial charge < -0.3 is 5.73 Å². The molecular formula is C15H20Cl3N3O12Ru. The maximum atomic E-state index is 8.49. The molecule has 34 heavy (non-hydrogen) atoms. The number of aromatic nitrogens is 2. The number of nitrogens with zero attached hydrogens (tertiary/aromatic N) is 2. The van der Waals surface area contributed by atoms with E-state index in [1.165, 1.54) is 24.0 Å². The van der Waals surface area contributed by atoms with E-state index in [9.17, 15) is 0 Å². The van der Waals surface area contributed by atoms with E-state index in [0.29, 0.717) is 0 Å². The summed E-state index contributed by atoms with van der Waals surface area (Å²) in [5, 5.41) is 0. The fraction of sp³-hybridized carbons (Fsp3) is 0.333. The minimum Gasteiger partial charge on any atom is -0.358 e. The Morgan fingerprint density at radius 1 is 0.676 bits per heavy atom. The molecule has 0 atom stereocenters. The van der Waals surface area contributed by atoms with Crippen molar-refractivity contribution in [3.63, 3.8) is 0 Å². The van der Waals surface area contributed by atoms with Crippen molar-refractivity contribution in [2.75, 3.05) is 6.54 Å². The number of hydrogen-bond donors (Lipinski definition) is 1. The first-order valence-corrected chi connectivity index (χ1v) is 12.0. The first kappa shape index (κ1) is 37.8. The van der Waals surface area contributed by atoms with Crippen molar-refractivity contribution in [1.82, 2.24) is 9.97 Å². The van der Waals surface area contributed by atoms with Crippen LogP contribution in [-0.2, 0) is 25.9 Å². The monoisotopic (exact) mass is 641 g/mol. The van der Waals surface area contributed by atoms with Crippen molar-refractivity contribution >= 4 is 0 Å². The molecule has 15 nitrogen and oxygen atoms in total. The van der Waals surface area contributed by atoms with Crippen molar-refractivity contribution in [3.8, 4) is 11.4 Å². The Hall–Kier alpha value is -0.727. The van der Waals surface area contributed by atoms with Gasteiger partial charge in [0.25, 0.3) is 0 Å². The van der Waals surface area contributed by atoms with Gasteiger partial charge in [-0.1, -0.05) is 0 Å². The molecular weight excluding hydrogens is 622 g/mol. The standard InChI is InChI=1S/C15H19N3.3ClHO4.Ru/c1-12-5-8-17-14(10-12)15-11-13(6-9-18-15)4-2-3-7-16;3*2-1(3,4)5;/h5-6,8-11H,2-4,7,16H2,1H3;3*(H,2,3,4,5);/q;;;;+2/p-2. The normalized spacial score (nSPS) is 10.9. The molecule has 0 fully saturated rings. The topological polar surface area (TPSA) is 330 Å². The Bertz CT molecular complexity index is 745. The second-order valence-corrected chi connectivity index (χ2v) is 7.98. The third-order valence-electron chi connectivity index (χ3n) is 2.97. The van der Waals surface area contributed by atoms with Gasteiger partial charge in [-0.05, 0) is 61.6 Å². The van der Waals surface area contributed by atoms with Gasteiger partial charge in [0, 0.05) is 12.4 Å². The predicted molar refractivity (Wildman–Crippen MR) is 72.9 cm³/mol. The van der Waals surface area contributed by atoms with Crippen LogP contribution in [0.3, 0.4) is 0 Å². The van der Waals surface area contributed by atoms with E-state index >= 15 is 0 Å². The van der Waals surface area contributed by atoms with E-state index < -0.39 is 30.7 Å². The molecule has 2 aromatic heterocycles. The molecule has 0 aliphatic heterocycles. The zero-order valence-electron chi connectivity index (χ0n) is 17.3. The van der Waals surface area contributed by atoms with E-state index in [1.807, 2.05) is 18.5 Å². The summed E-state index contributed by atoms with van der Waals surface area (Å²) in [5.74, 6) is 0. The summed E-state index contributed by atoms with van der Waals surface area (Å²) in [5.41, 5.74) is 8.33. The zero-order chi connectivity index (χ0) is 26.3. The average molecular weight is 642 g/mol. The van der Waals surface area contributed by atoms with Crippen LogP contribution >= 0.6 is 0 Å². The Morgan fingerprint density at radius 3 is 1.44 bits per heavy atom. The van der Waals surface area contributed by atoms with Gasteiger partial charge in [-0.3, -0.25) is 9.97 Å². The van der Waals surface area contributed by atoms with Crippen molar-refractivity contribution in [3.05, 3.63) is 47.8 Å². The first-order valence-electron chi connectivity index (χ1n) is 8.32. The molecule has 0 aliphatic rings. The molecule has 0 saturated carbocycles. The van der Waals surface area contributed by atoms with E-state index in [0.717, 1.165) is 24.4 Å². The van der Waals surface area contributed by atoms with Crippen LogP contribution in [0.2, 0.25) is 0 Å². The summed E-state index contributed by atoms with van der Waals surface area (Å²) in [7, 11) is -14.8. The molecule has 0 bridgehead atoms. The van der Waals surface area contributed by atoms with Gasteiger partial charge >= 0.3 is 19.5 Å². The molecule has 3 N–H and O–H groups in total. The van der Waals surface area contributed by atoms with Crippen LogP contribution in [-0.4, -0.2) is 16.5 Å². The predicted octanol–water partition coefficient (Wildman–Crippen LogP) is -12.3. The molecule has 19 heteroatoms. The van der Waals surface area contributed by atoms with Crippen LogP contribution < -0.4 is 61.6 Å². The van der Waals surface area contributed by atoms with Crippen LogP contribution in [0.25, 0.3) is 11.4 Å². The maximum absolute atomic E-state index is 8.49. The Balaban J connectivity index is -0.000000496. The SMILES string of the molecule is Cc1ccnc(-c2cc(CCCC[NH3+])ccn2)c1.[O-][Cl+3]([O-])([O-])[O-].[O-][Cl+3]([O-])([O-])[O-].[O-][Cl+3]([O-])([O-])[O-].[Ru+2]. The van der Waals surface area contributed by atoms with E-state index in [-0.39, 0.29) is 19.5 Å². The van der Waals surface area contributed by atoms with Crippen LogP contribution in [0.4, 0.5) is 0 Å². The van der Waals surface area contributed by atoms with Gasteiger partial charge in [0.05, 0.1) is 17.9 Å². The second kappa shape index (κ2) is 18.5. The Morgan fingerprint density at radius 2 is 1.06 bits per heavy atom. The van der Waals surface area contributed by atoms with Crippen LogP contribution in [0.1, 0.15) is 24.0 Å². The van der Waals surface area contributed by atoms with Crippen LogP contribution in [0.5, 0.6) is 0 Å². The quantitative estimate of drug-likeness (QED) is 0.234. The summed E-state index contributed by atoms with van der Waals surface area (Å²) >= 11 is 0. The summed E-state index contributed by atoms with van der Waals surface area (Å²) < 4.78 is 102. The molecule has 0 unspecified atom stereocenters. The third kappa shape index (κ3) is 35.9. The summed E-state index contributed by atoms with van der Waals surface area (Å²) in [6, 6.07) is 8.30. The Kier molecular flexibility index (Phi) is 20.6. The van der Waals surface area contributed by atoms with Gasteiger partial charge in [-0.25, -0.2) is 55.9 Å². The average Bonchev–Trinajstić information content (AvgIpc) is 2.58. The van der Waals surface area contributed by atoms with Gasteiger partial charge in [0.2, 0.25) is 0 Å².